The van der Waals surface area contributed by atoms with Crippen LogP contribution in [0, 0.1) is 6.92 Å². The first-order chi connectivity index (χ1) is 16.9. The van der Waals surface area contributed by atoms with Crippen LogP contribution in [0.25, 0.3) is 21.5 Å². The predicted octanol–water partition coefficient (Wildman–Crippen LogP) is 9.31. The molecule has 3 aromatic carbocycles. The lowest BCUT2D eigenvalue weighted by molar-refractivity contribution is 0.0555. The van der Waals surface area contributed by atoms with Crippen molar-refractivity contribution in [2.45, 2.75) is 111 Å². The molecule has 3 aromatic rings. The van der Waals surface area contributed by atoms with Gasteiger partial charge in [-0.15, -0.1) is 0 Å². The van der Waals surface area contributed by atoms with Gasteiger partial charge in [0.15, 0.2) is 0 Å². The standard InChI is InChI=1S/C33H49NO/c1-7-9-11-13-19-34(20-14-12-10-8-2)26(6)33(35)29-21-25(5)30-17-16-28-22-27(24(3)4)15-18-31(28)32(30)23-29/h15-18,21-24,26,33,35H,7-14,19-20H2,1-6H3/t26-,33+/m1/s1. The maximum atomic E-state index is 11.6. The minimum Gasteiger partial charge on any atom is -0.387 e. The van der Waals surface area contributed by atoms with Crippen LogP contribution in [0.1, 0.15) is 115 Å². The molecule has 2 nitrogen and oxygen atoms in total. The third-order valence-corrected chi connectivity index (χ3v) is 7.84. The molecular weight excluding hydrogens is 426 g/mol. The summed E-state index contributed by atoms with van der Waals surface area (Å²) in [6.07, 6.45) is 9.65. The van der Waals surface area contributed by atoms with Gasteiger partial charge in [-0.1, -0.05) is 103 Å². The molecule has 0 radical (unpaired) electrons. The van der Waals surface area contributed by atoms with Gasteiger partial charge in [-0.25, -0.2) is 0 Å². The van der Waals surface area contributed by atoms with Gasteiger partial charge in [-0.3, -0.25) is 4.90 Å². The number of nitrogens with zero attached hydrogens (tertiary/aromatic N) is 1. The number of aryl methyl sites for hydroxylation is 1. The Morgan fingerprint density at radius 3 is 1.91 bits per heavy atom. The topological polar surface area (TPSA) is 23.5 Å². The summed E-state index contributed by atoms with van der Waals surface area (Å²) < 4.78 is 0. The lowest BCUT2D eigenvalue weighted by atomic mass is 9.91. The largest absolute Gasteiger partial charge is 0.387 e. The van der Waals surface area contributed by atoms with E-state index in [1.807, 2.05) is 0 Å². The molecule has 3 rings (SSSR count). The Morgan fingerprint density at radius 2 is 1.31 bits per heavy atom. The summed E-state index contributed by atoms with van der Waals surface area (Å²) in [5, 5.41) is 16.7. The van der Waals surface area contributed by atoms with Crippen LogP contribution in [-0.4, -0.2) is 29.1 Å². The molecule has 0 unspecified atom stereocenters. The fourth-order valence-corrected chi connectivity index (χ4v) is 5.42. The summed E-state index contributed by atoms with van der Waals surface area (Å²) >= 11 is 0. The molecule has 0 fully saturated rings. The Hall–Kier alpha value is -1.90. The van der Waals surface area contributed by atoms with Crippen molar-refractivity contribution >= 4 is 21.5 Å². The van der Waals surface area contributed by atoms with Gasteiger partial charge in [-0.2, -0.15) is 0 Å². The van der Waals surface area contributed by atoms with Crippen LogP contribution in [0.2, 0.25) is 0 Å². The molecule has 2 heteroatoms. The number of benzene rings is 3. The van der Waals surface area contributed by atoms with E-state index in [4.69, 9.17) is 0 Å². The molecule has 2 atom stereocenters. The van der Waals surface area contributed by atoms with Crippen LogP contribution in [0.15, 0.2) is 42.5 Å². The molecule has 0 aliphatic rings. The monoisotopic (exact) mass is 475 g/mol. The summed E-state index contributed by atoms with van der Waals surface area (Å²) in [4.78, 5) is 2.55. The number of unbranched alkanes of at least 4 members (excludes halogenated alkanes) is 6. The number of fused-ring (bicyclic) bond motifs is 3. The first-order valence-electron chi connectivity index (χ1n) is 14.3. The van der Waals surface area contributed by atoms with E-state index in [9.17, 15) is 5.11 Å². The summed E-state index contributed by atoms with van der Waals surface area (Å²) in [7, 11) is 0. The molecule has 0 saturated heterocycles. The van der Waals surface area contributed by atoms with Crippen molar-refractivity contribution in [1.82, 2.24) is 4.90 Å². The third-order valence-electron chi connectivity index (χ3n) is 7.84. The highest BCUT2D eigenvalue weighted by Crippen LogP contribution is 2.33. The van der Waals surface area contributed by atoms with Crippen molar-refractivity contribution < 1.29 is 5.11 Å². The molecule has 1 N–H and O–H groups in total. The Kier molecular flexibility index (Phi) is 10.6. The van der Waals surface area contributed by atoms with Crippen molar-refractivity contribution in [2.24, 2.45) is 0 Å². The zero-order valence-corrected chi connectivity index (χ0v) is 23.2. The van der Waals surface area contributed by atoms with Crippen molar-refractivity contribution in [1.29, 1.82) is 0 Å². The highest BCUT2D eigenvalue weighted by atomic mass is 16.3. The zero-order valence-electron chi connectivity index (χ0n) is 23.2. The SMILES string of the molecule is CCCCCCN(CCCCCC)[C@H](C)[C@H](O)c1cc(C)c2ccc3cc(C(C)C)ccc3c2c1. The maximum Gasteiger partial charge on any atom is 0.0942 e. The van der Waals surface area contributed by atoms with E-state index < -0.39 is 6.10 Å². The maximum absolute atomic E-state index is 11.6. The van der Waals surface area contributed by atoms with Gasteiger partial charge in [0.2, 0.25) is 0 Å². The van der Waals surface area contributed by atoms with Gasteiger partial charge in [-0.05, 0) is 90.0 Å². The molecule has 192 valence electrons. The molecule has 35 heavy (non-hydrogen) atoms. The van der Waals surface area contributed by atoms with E-state index >= 15 is 0 Å². The van der Waals surface area contributed by atoms with Gasteiger partial charge in [0.25, 0.3) is 0 Å². The molecule has 0 bridgehead atoms. The van der Waals surface area contributed by atoms with Crippen molar-refractivity contribution in [2.75, 3.05) is 13.1 Å². The van der Waals surface area contributed by atoms with Crippen molar-refractivity contribution in [3.05, 3.63) is 59.2 Å². The lowest BCUT2D eigenvalue weighted by Gasteiger charge is -2.33. The molecule has 0 aromatic heterocycles. The van der Waals surface area contributed by atoms with Gasteiger partial charge < -0.3 is 5.11 Å². The number of aliphatic hydroxyl groups excluding tert-OH is 1. The Labute approximate surface area is 214 Å². The van der Waals surface area contributed by atoms with E-state index in [0.29, 0.717) is 5.92 Å². The quantitative estimate of drug-likeness (QED) is 0.185. The molecule has 0 amide bonds. The molecular formula is C33H49NO. The van der Waals surface area contributed by atoms with Gasteiger partial charge in [0, 0.05) is 6.04 Å². The van der Waals surface area contributed by atoms with Crippen molar-refractivity contribution in [3.63, 3.8) is 0 Å². The van der Waals surface area contributed by atoms with E-state index in [1.165, 1.54) is 84.0 Å². The second-order valence-corrected chi connectivity index (χ2v) is 11.0. The first-order valence-corrected chi connectivity index (χ1v) is 14.3. The second kappa shape index (κ2) is 13.4. The summed E-state index contributed by atoms with van der Waals surface area (Å²) in [6.45, 7) is 15.6. The Morgan fingerprint density at radius 1 is 0.686 bits per heavy atom. The zero-order chi connectivity index (χ0) is 25.4. The summed E-state index contributed by atoms with van der Waals surface area (Å²) in [5.41, 5.74) is 3.67. The number of rotatable bonds is 14. The number of aliphatic hydroxyl groups is 1. The Balaban J connectivity index is 1.89. The smallest absolute Gasteiger partial charge is 0.0942 e. The van der Waals surface area contributed by atoms with Crippen LogP contribution in [0.3, 0.4) is 0 Å². The van der Waals surface area contributed by atoms with Crippen LogP contribution >= 0.6 is 0 Å². The second-order valence-electron chi connectivity index (χ2n) is 11.0. The van der Waals surface area contributed by atoms with E-state index in [2.05, 4.69) is 88.9 Å². The van der Waals surface area contributed by atoms with Gasteiger partial charge in [0.1, 0.15) is 0 Å². The number of hydrogen-bond donors (Lipinski definition) is 1. The summed E-state index contributed by atoms with van der Waals surface area (Å²) in [5.74, 6) is 0.520. The average Bonchev–Trinajstić information content (AvgIpc) is 2.86. The van der Waals surface area contributed by atoms with Gasteiger partial charge >= 0.3 is 0 Å². The van der Waals surface area contributed by atoms with E-state index in [-0.39, 0.29) is 6.04 Å². The summed E-state index contributed by atoms with van der Waals surface area (Å²) in [6, 6.07) is 16.0. The van der Waals surface area contributed by atoms with Crippen molar-refractivity contribution in [3.8, 4) is 0 Å². The molecule has 0 aliphatic heterocycles. The predicted molar refractivity (Wildman–Crippen MR) is 155 cm³/mol. The fraction of sp³-hybridized carbons (Fsp3) is 0.576. The highest BCUT2D eigenvalue weighted by molar-refractivity contribution is 6.08. The van der Waals surface area contributed by atoms with E-state index in [0.717, 1.165) is 18.7 Å². The van der Waals surface area contributed by atoms with Crippen LogP contribution < -0.4 is 0 Å². The van der Waals surface area contributed by atoms with Crippen LogP contribution in [0.4, 0.5) is 0 Å². The lowest BCUT2D eigenvalue weighted by Crippen LogP contribution is -2.39. The number of hydrogen-bond acceptors (Lipinski definition) is 2. The first kappa shape index (κ1) is 27.7. The molecule has 0 spiro atoms. The van der Waals surface area contributed by atoms with Crippen LogP contribution in [0.5, 0.6) is 0 Å². The molecule has 0 heterocycles. The van der Waals surface area contributed by atoms with Crippen LogP contribution in [-0.2, 0) is 0 Å². The fourth-order valence-electron chi connectivity index (χ4n) is 5.42. The third kappa shape index (κ3) is 7.08. The molecule has 0 aliphatic carbocycles. The molecule has 0 saturated carbocycles. The minimum absolute atomic E-state index is 0.109. The van der Waals surface area contributed by atoms with E-state index in [1.54, 1.807) is 0 Å². The van der Waals surface area contributed by atoms with Gasteiger partial charge in [0.05, 0.1) is 6.10 Å². The average molecular weight is 476 g/mol. The minimum atomic E-state index is -0.486. The Bertz CT molecular complexity index is 1060. The normalized spacial score (nSPS) is 13.9. The highest BCUT2D eigenvalue weighted by Gasteiger charge is 2.23.